The van der Waals surface area contributed by atoms with Gasteiger partial charge in [-0.1, -0.05) is 69.3 Å². The summed E-state index contributed by atoms with van der Waals surface area (Å²) >= 11 is 0. The first kappa shape index (κ1) is 14.8. The van der Waals surface area contributed by atoms with Crippen LogP contribution in [0, 0.1) is 11.8 Å². The van der Waals surface area contributed by atoms with Crippen molar-refractivity contribution in [2.75, 3.05) is 6.61 Å². The lowest BCUT2D eigenvalue weighted by atomic mass is 9.97. The van der Waals surface area contributed by atoms with Gasteiger partial charge in [0.25, 0.3) is 0 Å². The van der Waals surface area contributed by atoms with Crippen LogP contribution in [0.1, 0.15) is 37.8 Å². The van der Waals surface area contributed by atoms with E-state index in [4.69, 9.17) is 4.74 Å². The predicted octanol–water partition coefficient (Wildman–Crippen LogP) is 4.63. The van der Waals surface area contributed by atoms with Crippen LogP contribution in [0.3, 0.4) is 0 Å². The first-order valence-electron chi connectivity index (χ1n) is 7.94. The van der Waals surface area contributed by atoms with Gasteiger partial charge in [0, 0.05) is 5.92 Å². The van der Waals surface area contributed by atoms with E-state index in [2.05, 4.69) is 48.5 Å². The maximum Gasteiger partial charge on any atom is 0.308 e. The molecule has 2 aromatic rings. The number of hydrogen-bond donors (Lipinski definition) is 0. The molecular weight excluding hydrogens is 272 g/mol. The molecule has 0 heterocycles. The van der Waals surface area contributed by atoms with E-state index in [0.29, 0.717) is 12.5 Å². The number of esters is 1. The average molecular weight is 294 g/mol. The fraction of sp³-hybridized carbons (Fsp3) is 0.350. The predicted molar refractivity (Wildman–Crippen MR) is 88.7 cm³/mol. The third kappa shape index (κ3) is 2.54. The van der Waals surface area contributed by atoms with Gasteiger partial charge in [0.15, 0.2) is 0 Å². The molecule has 1 aliphatic rings. The lowest BCUT2D eigenvalue weighted by Gasteiger charge is -2.18. The Morgan fingerprint density at radius 1 is 0.955 bits per heavy atom. The van der Waals surface area contributed by atoms with Crippen molar-refractivity contribution in [3.8, 4) is 11.1 Å². The second kappa shape index (κ2) is 5.96. The molecule has 0 bridgehead atoms. The van der Waals surface area contributed by atoms with Crippen LogP contribution in [0.2, 0.25) is 0 Å². The van der Waals surface area contributed by atoms with Gasteiger partial charge in [-0.3, -0.25) is 4.79 Å². The van der Waals surface area contributed by atoms with Gasteiger partial charge < -0.3 is 4.74 Å². The van der Waals surface area contributed by atoms with Crippen LogP contribution in [-0.4, -0.2) is 12.6 Å². The summed E-state index contributed by atoms with van der Waals surface area (Å²) in [7, 11) is 0. The van der Waals surface area contributed by atoms with E-state index in [9.17, 15) is 4.79 Å². The van der Waals surface area contributed by atoms with E-state index in [0.717, 1.165) is 0 Å². The van der Waals surface area contributed by atoms with Crippen molar-refractivity contribution in [3.63, 3.8) is 0 Å². The highest BCUT2D eigenvalue weighted by atomic mass is 16.5. The van der Waals surface area contributed by atoms with E-state index in [-0.39, 0.29) is 17.8 Å². The summed E-state index contributed by atoms with van der Waals surface area (Å²) in [6, 6.07) is 16.8. The number of rotatable bonds is 4. The molecule has 114 valence electrons. The minimum absolute atomic E-state index is 0.0631. The smallest absolute Gasteiger partial charge is 0.308 e. The van der Waals surface area contributed by atoms with Crippen LogP contribution in [0.4, 0.5) is 0 Å². The van der Waals surface area contributed by atoms with E-state index >= 15 is 0 Å². The van der Waals surface area contributed by atoms with Crippen LogP contribution >= 0.6 is 0 Å². The third-order valence-electron chi connectivity index (χ3n) is 4.73. The number of carbonyl (C=O) groups is 1. The number of fused-ring (bicyclic) bond motifs is 3. The highest BCUT2D eigenvalue weighted by Gasteiger charge is 2.29. The number of ether oxygens (including phenoxy) is 1. The van der Waals surface area contributed by atoms with Crippen LogP contribution in [-0.2, 0) is 9.53 Å². The molecule has 1 unspecified atom stereocenters. The molecule has 3 rings (SSSR count). The van der Waals surface area contributed by atoms with Crippen molar-refractivity contribution in [1.82, 2.24) is 0 Å². The SMILES string of the molecule is CC(C)C(C)C(=O)OCC1c2ccccc2-c2ccccc21. The first-order valence-corrected chi connectivity index (χ1v) is 7.94. The van der Waals surface area contributed by atoms with Gasteiger partial charge in [0.1, 0.15) is 6.61 Å². The van der Waals surface area contributed by atoms with Crippen molar-refractivity contribution in [2.24, 2.45) is 11.8 Å². The monoisotopic (exact) mass is 294 g/mol. The summed E-state index contributed by atoms with van der Waals surface area (Å²) in [5.74, 6) is 0.287. The molecule has 2 aromatic carbocycles. The van der Waals surface area contributed by atoms with Gasteiger partial charge in [-0.15, -0.1) is 0 Å². The van der Waals surface area contributed by atoms with Crippen molar-refractivity contribution < 1.29 is 9.53 Å². The Morgan fingerprint density at radius 2 is 1.45 bits per heavy atom. The standard InChI is InChI=1S/C20H22O2/c1-13(2)14(3)20(21)22-12-19-17-10-6-4-8-15(17)16-9-5-7-11-18(16)19/h4-11,13-14,19H,12H2,1-3H3. The van der Waals surface area contributed by atoms with Crippen LogP contribution in [0.15, 0.2) is 48.5 Å². The largest absolute Gasteiger partial charge is 0.464 e. The van der Waals surface area contributed by atoms with Crippen molar-refractivity contribution >= 4 is 5.97 Å². The van der Waals surface area contributed by atoms with Crippen molar-refractivity contribution in [2.45, 2.75) is 26.7 Å². The normalized spacial score (nSPS) is 14.5. The minimum Gasteiger partial charge on any atom is -0.464 e. The van der Waals surface area contributed by atoms with Crippen molar-refractivity contribution in [3.05, 3.63) is 59.7 Å². The lowest BCUT2D eigenvalue weighted by Crippen LogP contribution is -2.22. The van der Waals surface area contributed by atoms with E-state index in [1.165, 1.54) is 22.3 Å². The summed E-state index contributed by atoms with van der Waals surface area (Å²) < 4.78 is 5.62. The van der Waals surface area contributed by atoms with Gasteiger partial charge in [-0.25, -0.2) is 0 Å². The topological polar surface area (TPSA) is 26.3 Å². The molecule has 1 aliphatic carbocycles. The molecular formula is C20H22O2. The first-order chi connectivity index (χ1) is 10.6. The molecule has 0 saturated heterocycles. The molecule has 22 heavy (non-hydrogen) atoms. The Labute approximate surface area is 132 Å². The Morgan fingerprint density at radius 3 is 1.95 bits per heavy atom. The molecule has 2 heteroatoms. The fourth-order valence-corrected chi connectivity index (χ4v) is 3.01. The van der Waals surface area contributed by atoms with Gasteiger partial charge >= 0.3 is 5.97 Å². The molecule has 0 aliphatic heterocycles. The van der Waals surface area contributed by atoms with E-state index < -0.39 is 0 Å². The number of benzene rings is 2. The quantitative estimate of drug-likeness (QED) is 0.768. The molecule has 0 amide bonds. The summed E-state index contributed by atoms with van der Waals surface area (Å²) in [5, 5.41) is 0. The Kier molecular flexibility index (Phi) is 4.02. The van der Waals surface area contributed by atoms with Gasteiger partial charge in [-0.2, -0.15) is 0 Å². The molecule has 0 aromatic heterocycles. The van der Waals surface area contributed by atoms with Gasteiger partial charge in [0.2, 0.25) is 0 Å². The Balaban J connectivity index is 1.84. The summed E-state index contributed by atoms with van der Waals surface area (Å²) in [6.07, 6.45) is 0. The van der Waals surface area contributed by atoms with Crippen LogP contribution < -0.4 is 0 Å². The van der Waals surface area contributed by atoms with E-state index in [1.807, 2.05) is 20.8 Å². The second-order valence-electron chi connectivity index (χ2n) is 6.39. The molecule has 0 fully saturated rings. The van der Waals surface area contributed by atoms with E-state index in [1.54, 1.807) is 0 Å². The van der Waals surface area contributed by atoms with Gasteiger partial charge in [0.05, 0.1) is 5.92 Å². The molecule has 2 nitrogen and oxygen atoms in total. The lowest BCUT2D eigenvalue weighted by molar-refractivity contribution is -0.149. The number of hydrogen-bond acceptors (Lipinski definition) is 2. The molecule has 0 N–H and O–H groups in total. The average Bonchev–Trinajstić information content (AvgIpc) is 2.86. The molecule has 0 radical (unpaired) electrons. The minimum atomic E-state index is -0.100. The second-order valence-corrected chi connectivity index (χ2v) is 6.39. The zero-order chi connectivity index (χ0) is 15.7. The summed E-state index contributed by atoms with van der Waals surface area (Å²) in [5.41, 5.74) is 5.04. The maximum atomic E-state index is 12.1. The molecule has 1 atom stereocenters. The zero-order valence-electron chi connectivity index (χ0n) is 13.4. The molecule has 0 spiro atoms. The van der Waals surface area contributed by atoms with Crippen LogP contribution in [0.25, 0.3) is 11.1 Å². The number of carbonyl (C=O) groups excluding carboxylic acids is 1. The van der Waals surface area contributed by atoms with Crippen molar-refractivity contribution in [1.29, 1.82) is 0 Å². The van der Waals surface area contributed by atoms with Gasteiger partial charge in [-0.05, 0) is 28.2 Å². The van der Waals surface area contributed by atoms with Crippen LogP contribution in [0.5, 0.6) is 0 Å². The zero-order valence-corrected chi connectivity index (χ0v) is 13.4. The maximum absolute atomic E-state index is 12.1. The summed E-state index contributed by atoms with van der Waals surface area (Å²) in [6.45, 7) is 6.45. The Bertz CT molecular complexity index is 642. The summed E-state index contributed by atoms with van der Waals surface area (Å²) in [4.78, 5) is 12.1. The Hall–Kier alpha value is -2.09. The third-order valence-corrected chi connectivity index (χ3v) is 4.73. The highest BCUT2D eigenvalue weighted by molar-refractivity contribution is 5.79. The molecule has 0 saturated carbocycles. The fourth-order valence-electron chi connectivity index (χ4n) is 3.01. The highest BCUT2D eigenvalue weighted by Crippen LogP contribution is 2.44.